The number of nitrogens with zero attached hydrogens (tertiary/aromatic N) is 2. The van der Waals surface area contributed by atoms with Gasteiger partial charge in [-0.25, -0.2) is 9.78 Å². The van der Waals surface area contributed by atoms with Gasteiger partial charge in [0.2, 0.25) is 17.7 Å². The average molecular weight is 530 g/mol. The standard InChI is InChI=1S/C20H35N9O6S/c1-36-6-4-14(19(34)35)28-17(32)13(3-2-5-25-20(22)23)27-18(33)15(9-30)29-16(31)12(21)7-11-8-24-10-26-11/h8,10,12-15,30H,2-7,9,21H2,1H3,(H,24,26)(H,27,33)(H,28,32)(H,29,31)(H,34,35)(H4,22,23,25). The van der Waals surface area contributed by atoms with Crippen LogP contribution >= 0.6 is 11.8 Å². The van der Waals surface area contributed by atoms with Gasteiger partial charge in [0.25, 0.3) is 0 Å². The number of carboxylic acids is 1. The Balaban J connectivity index is 2.86. The van der Waals surface area contributed by atoms with E-state index in [1.807, 2.05) is 0 Å². The molecule has 1 aromatic heterocycles. The highest BCUT2D eigenvalue weighted by atomic mass is 32.2. The lowest BCUT2D eigenvalue weighted by molar-refractivity contribution is -0.142. The third kappa shape index (κ3) is 11.4. The number of hydrogen-bond donors (Lipinski definition) is 9. The topological polar surface area (TPSA) is 264 Å². The number of amides is 3. The Morgan fingerprint density at radius 2 is 1.72 bits per heavy atom. The number of carbonyl (C=O) groups is 4. The van der Waals surface area contributed by atoms with Crippen LogP contribution in [0, 0.1) is 0 Å². The number of aromatic amines is 1. The van der Waals surface area contributed by atoms with E-state index in [0.717, 1.165) is 0 Å². The number of hydrogen-bond acceptors (Lipinski definition) is 9. The van der Waals surface area contributed by atoms with Crippen LogP contribution in [-0.4, -0.2) is 99.2 Å². The second-order valence-corrected chi connectivity index (χ2v) is 8.81. The number of aliphatic imine (C=N–C) groups is 1. The lowest BCUT2D eigenvalue weighted by Gasteiger charge is -2.24. The lowest BCUT2D eigenvalue weighted by atomic mass is 10.1. The number of thioether (sulfide) groups is 1. The summed E-state index contributed by atoms with van der Waals surface area (Å²) in [7, 11) is 0. The van der Waals surface area contributed by atoms with Gasteiger partial charge in [-0.3, -0.25) is 19.4 Å². The first-order chi connectivity index (χ1) is 17.1. The van der Waals surface area contributed by atoms with Crippen LogP contribution in [0.5, 0.6) is 0 Å². The smallest absolute Gasteiger partial charge is 0.326 e. The second-order valence-electron chi connectivity index (χ2n) is 7.82. The van der Waals surface area contributed by atoms with Crippen molar-refractivity contribution >= 4 is 41.4 Å². The summed E-state index contributed by atoms with van der Waals surface area (Å²) in [5.41, 5.74) is 17.1. The maximum absolute atomic E-state index is 12.8. The molecule has 0 bridgehead atoms. The van der Waals surface area contributed by atoms with Crippen LogP contribution in [-0.2, 0) is 25.6 Å². The summed E-state index contributed by atoms with van der Waals surface area (Å²) in [5, 5.41) is 26.3. The molecule has 0 radical (unpaired) electrons. The minimum atomic E-state index is -1.40. The molecule has 0 saturated carbocycles. The molecule has 0 saturated heterocycles. The first-order valence-electron chi connectivity index (χ1n) is 11.1. The number of imidazole rings is 1. The van der Waals surface area contributed by atoms with Gasteiger partial charge in [0, 0.05) is 24.9 Å². The summed E-state index contributed by atoms with van der Waals surface area (Å²) in [4.78, 5) is 60.0. The minimum Gasteiger partial charge on any atom is -0.480 e. The number of nitrogens with one attached hydrogen (secondary N) is 4. The van der Waals surface area contributed by atoms with E-state index in [4.69, 9.17) is 17.2 Å². The molecule has 0 aromatic carbocycles. The molecule has 15 nitrogen and oxygen atoms in total. The summed E-state index contributed by atoms with van der Waals surface area (Å²) in [6.45, 7) is -0.596. The lowest BCUT2D eigenvalue weighted by Crippen LogP contribution is -2.58. The van der Waals surface area contributed by atoms with Crippen LogP contribution < -0.4 is 33.2 Å². The summed E-state index contributed by atoms with van der Waals surface area (Å²) >= 11 is 1.42. The molecule has 1 rings (SSSR count). The van der Waals surface area contributed by atoms with Crippen molar-refractivity contribution in [1.82, 2.24) is 25.9 Å². The largest absolute Gasteiger partial charge is 0.480 e. The number of carbonyl (C=O) groups excluding carboxylic acids is 3. The van der Waals surface area contributed by atoms with Crippen LogP contribution in [0.25, 0.3) is 0 Å². The summed E-state index contributed by atoms with van der Waals surface area (Å²) < 4.78 is 0. The van der Waals surface area contributed by atoms with Crippen molar-refractivity contribution in [2.24, 2.45) is 22.2 Å². The normalized spacial score (nSPS) is 14.1. The average Bonchev–Trinajstić information content (AvgIpc) is 3.34. The summed E-state index contributed by atoms with van der Waals surface area (Å²) in [5.74, 6) is -3.14. The fraction of sp³-hybridized carbons (Fsp3) is 0.600. The van der Waals surface area contributed by atoms with E-state index in [0.29, 0.717) is 11.4 Å². The monoisotopic (exact) mass is 529 g/mol. The quantitative estimate of drug-likeness (QED) is 0.0545. The predicted octanol–water partition coefficient (Wildman–Crippen LogP) is -3.38. The molecule has 3 amide bonds. The van der Waals surface area contributed by atoms with Crippen LogP contribution in [0.3, 0.4) is 0 Å². The molecule has 0 fully saturated rings. The number of carboxylic acid groups (broad SMARTS) is 1. The van der Waals surface area contributed by atoms with Gasteiger partial charge in [0.1, 0.15) is 18.1 Å². The Kier molecular flexibility index (Phi) is 13.9. The molecule has 1 aromatic rings. The second kappa shape index (κ2) is 16.3. The van der Waals surface area contributed by atoms with Crippen LogP contribution in [0.1, 0.15) is 25.0 Å². The molecular formula is C20H35N9O6S. The van der Waals surface area contributed by atoms with Crippen LogP contribution in [0.4, 0.5) is 0 Å². The van der Waals surface area contributed by atoms with Crippen LogP contribution in [0.2, 0.25) is 0 Å². The van der Waals surface area contributed by atoms with E-state index in [9.17, 15) is 29.4 Å². The SMILES string of the molecule is CSCCC(NC(=O)C(CCCN=C(N)N)NC(=O)C(CO)NC(=O)C(N)Cc1cnc[nH]1)C(=O)O. The molecular weight excluding hydrogens is 494 g/mol. The molecule has 0 aliphatic carbocycles. The van der Waals surface area contributed by atoms with Crippen molar-refractivity contribution in [1.29, 1.82) is 0 Å². The molecule has 0 aliphatic heterocycles. The van der Waals surface area contributed by atoms with Crippen molar-refractivity contribution in [3.8, 4) is 0 Å². The molecule has 1 heterocycles. The van der Waals surface area contributed by atoms with Gasteiger partial charge in [-0.05, 0) is 31.3 Å². The molecule has 0 spiro atoms. The molecule has 16 heteroatoms. The van der Waals surface area contributed by atoms with Gasteiger partial charge in [-0.2, -0.15) is 11.8 Å². The number of aliphatic hydroxyl groups is 1. The molecule has 36 heavy (non-hydrogen) atoms. The first-order valence-corrected chi connectivity index (χ1v) is 12.5. The number of H-pyrrole nitrogens is 1. The van der Waals surface area contributed by atoms with Gasteiger partial charge in [-0.15, -0.1) is 0 Å². The third-order valence-corrected chi connectivity index (χ3v) is 5.59. The Hall–Kier alpha value is -3.37. The fourth-order valence-electron chi connectivity index (χ4n) is 3.01. The van der Waals surface area contributed by atoms with E-state index in [-0.39, 0.29) is 38.2 Å². The van der Waals surface area contributed by atoms with E-state index >= 15 is 0 Å². The Morgan fingerprint density at radius 3 is 2.28 bits per heavy atom. The highest BCUT2D eigenvalue weighted by molar-refractivity contribution is 7.98. The number of rotatable bonds is 17. The maximum atomic E-state index is 12.8. The van der Waals surface area contributed by atoms with Gasteiger partial charge in [0.15, 0.2) is 5.96 Å². The Bertz CT molecular complexity index is 879. The van der Waals surface area contributed by atoms with E-state index in [1.54, 1.807) is 6.26 Å². The predicted molar refractivity (Wildman–Crippen MR) is 134 cm³/mol. The number of nitrogens with two attached hydrogens (primary N) is 3. The Morgan fingerprint density at radius 1 is 1.08 bits per heavy atom. The molecule has 202 valence electrons. The highest BCUT2D eigenvalue weighted by Crippen LogP contribution is 2.05. The van der Waals surface area contributed by atoms with Crippen molar-refractivity contribution in [2.75, 3.05) is 25.2 Å². The van der Waals surface area contributed by atoms with E-state index in [1.165, 1.54) is 24.3 Å². The zero-order valence-electron chi connectivity index (χ0n) is 20.0. The number of aromatic nitrogens is 2. The van der Waals surface area contributed by atoms with E-state index < -0.39 is 54.5 Å². The number of aliphatic carboxylic acids is 1. The summed E-state index contributed by atoms with van der Waals surface area (Å²) in [6.07, 6.45) is 5.38. The van der Waals surface area contributed by atoms with Crippen molar-refractivity contribution in [3.63, 3.8) is 0 Å². The maximum Gasteiger partial charge on any atom is 0.326 e. The zero-order chi connectivity index (χ0) is 27.1. The van der Waals surface area contributed by atoms with Gasteiger partial charge >= 0.3 is 5.97 Å². The molecule has 4 unspecified atom stereocenters. The summed E-state index contributed by atoms with van der Waals surface area (Å²) in [6, 6.07) is -4.76. The van der Waals surface area contributed by atoms with Crippen molar-refractivity contribution < 1.29 is 29.4 Å². The minimum absolute atomic E-state index is 0.0641. The zero-order valence-corrected chi connectivity index (χ0v) is 20.8. The number of guanidine groups is 1. The fourth-order valence-corrected chi connectivity index (χ4v) is 3.48. The van der Waals surface area contributed by atoms with Crippen molar-refractivity contribution in [2.45, 2.75) is 49.9 Å². The molecule has 4 atom stereocenters. The van der Waals surface area contributed by atoms with Gasteiger partial charge in [-0.1, -0.05) is 0 Å². The molecule has 12 N–H and O–H groups in total. The highest BCUT2D eigenvalue weighted by Gasteiger charge is 2.30. The van der Waals surface area contributed by atoms with E-state index in [2.05, 4.69) is 30.9 Å². The first kappa shape index (κ1) is 30.7. The molecule has 0 aliphatic rings. The Labute approximate surface area is 212 Å². The van der Waals surface area contributed by atoms with Gasteiger partial charge < -0.3 is 48.3 Å². The number of aliphatic hydroxyl groups excluding tert-OH is 1. The van der Waals surface area contributed by atoms with Gasteiger partial charge in [0.05, 0.1) is 19.0 Å². The van der Waals surface area contributed by atoms with Crippen molar-refractivity contribution in [3.05, 3.63) is 18.2 Å². The third-order valence-electron chi connectivity index (χ3n) is 4.95. The van der Waals surface area contributed by atoms with Crippen LogP contribution in [0.15, 0.2) is 17.5 Å².